The second-order valence-electron chi connectivity index (χ2n) is 5.18. The van der Waals surface area contributed by atoms with E-state index in [1.54, 1.807) is 6.07 Å². The third-order valence-electron chi connectivity index (χ3n) is 3.13. The van der Waals surface area contributed by atoms with E-state index < -0.39 is 5.97 Å². The van der Waals surface area contributed by atoms with E-state index in [1.165, 1.54) is 13.2 Å². The second kappa shape index (κ2) is 7.85. The van der Waals surface area contributed by atoms with Crippen LogP contribution in [0, 0.1) is 11.7 Å². The smallest absolute Gasteiger partial charge is 0.304 e. The zero-order chi connectivity index (χ0) is 15.1. The number of carbonyl (C=O) groups is 1. The monoisotopic (exact) mass is 283 g/mol. The molecule has 1 aromatic rings. The van der Waals surface area contributed by atoms with Gasteiger partial charge in [0.2, 0.25) is 0 Å². The van der Waals surface area contributed by atoms with Gasteiger partial charge < -0.3 is 14.7 Å². The summed E-state index contributed by atoms with van der Waals surface area (Å²) in [6.07, 6.45) is 0.888. The van der Waals surface area contributed by atoms with Crippen LogP contribution in [0.15, 0.2) is 18.2 Å². The maximum atomic E-state index is 13.6. The number of benzene rings is 1. The minimum Gasteiger partial charge on any atom is -0.494 e. The molecule has 0 heterocycles. The molecular weight excluding hydrogens is 261 g/mol. The zero-order valence-corrected chi connectivity index (χ0v) is 12.2. The number of carboxylic acids is 1. The van der Waals surface area contributed by atoms with Crippen molar-refractivity contribution < 1.29 is 19.0 Å². The number of nitrogens with zero attached hydrogens (tertiary/aromatic N) is 1. The van der Waals surface area contributed by atoms with E-state index in [2.05, 4.69) is 6.92 Å². The van der Waals surface area contributed by atoms with E-state index in [4.69, 9.17) is 9.84 Å². The second-order valence-corrected chi connectivity index (χ2v) is 5.18. The maximum absolute atomic E-state index is 13.6. The number of aliphatic carboxylic acids is 1. The van der Waals surface area contributed by atoms with Gasteiger partial charge in [0.05, 0.1) is 13.5 Å². The molecule has 1 aromatic carbocycles. The average molecular weight is 283 g/mol. The predicted molar refractivity (Wildman–Crippen MR) is 75.6 cm³/mol. The van der Waals surface area contributed by atoms with E-state index in [0.717, 1.165) is 18.5 Å². The van der Waals surface area contributed by atoms with Crippen molar-refractivity contribution in [2.45, 2.75) is 19.8 Å². The summed E-state index contributed by atoms with van der Waals surface area (Å²) in [6, 6.07) is 4.98. The first-order valence-corrected chi connectivity index (χ1v) is 6.65. The van der Waals surface area contributed by atoms with Gasteiger partial charge in [0.25, 0.3) is 0 Å². The van der Waals surface area contributed by atoms with Crippen molar-refractivity contribution in [1.29, 1.82) is 0 Å². The highest BCUT2D eigenvalue weighted by molar-refractivity contribution is 5.66. The van der Waals surface area contributed by atoms with Gasteiger partial charge in [-0.1, -0.05) is 13.0 Å². The van der Waals surface area contributed by atoms with Crippen LogP contribution in [0.25, 0.3) is 0 Å². The van der Waals surface area contributed by atoms with Crippen LogP contribution in [0.1, 0.15) is 18.9 Å². The summed E-state index contributed by atoms with van der Waals surface area (Å²) in [5, 5.41) is 8.63. The molecule has 0 aliphatic heterocycles. The lowest BCUT2D eigenvalue weighted by Crippen LogP contribution is -2.27. The minimum atomic E-state index is -0.790. The molecule has 0 radical (unpaired) electrons. The Labute approximate surface area is 119 Å². The standard InChI is InChI=1S/C15H22FNO3/c1-11(10-17(2)7-6-15(18)19)8-12-4-5-14(20-3)13(16)9-12/h4-5,9,11H,6-8,10H2,1-3H3,(H,18,19). The summed E-state index contributed by atoms with van der Waals surface area (Å²) in [7, 11) is 3.34. The molecule has 0 saturated carbocycles. The summed E-state index contributed by atoms with van der Waals surface area (Å²) < 4.78 is 18.5. The van der Waals surface area contributed by atoms with Gasteiger partial charge in [0.15, 0.2) is 11.6 Å². The van der Waals surface area contributed by atoms with Crippen molar-refractivity contribution in [2.24, 2.45) is 5.92 Å². The molecule has 5 heteroatoms. The Hall–Kier alpha value is -1.62. The topological polar surface area (TPSA) is 49.8 Å². The first kappa shape index (κ1) is 16.4. The number of rotatable bonds is 8. The van der Waals surface area contributed by atoms with Crippen molar-refractivity contribution in [3.8, 4) is 5.75 Å². The minimum absolute atomic E-state index is 0.139. The summed E-state index contributed by atoms with van der Waals surface area (Å²) in [4.78, 5) is 12.5. The molecule has 1 unspecified atom stereocenters. The highest BCUT2D eigenvalue weighted by Crippen LogP contribution is 2.19. The Morgan fingerprint density at radius 1 is 1.50 bits per heavy atom. The van der Waals surface area contributed by atoms with Gasteiger partial charge in [-0.05, 0) is 37.1 Å². The van der Waals surface area contributed by atoms with Gasteiger partial charge in [-0.15, -0.1) is 0 Å². The third-order valence-corrected chi connectivity index (χ3v) is 3.13. The largest absolute Gasteiger partial charge is 0.494 e. The zero-order valence-electron chi connectivity index (χ0n) is 12.2. The average Bonchev–Trinajstić information content (AvgIpc) is 2.36. The summed E-state index contributed by atoms with van der Waals surface area (Å²) in [5.41, 5.74) is 0.919. The van der Waals surface area contributed by atoms with Crippen molar-refractivity contribution in [2.75, 3.05) is 27.2 Å². The van der Waals surface area contributed by atoms with Crippen LogP contribution in [0.3, 0.4) is 0 Å². The molecule has 0 fully saturated rings. The Balaban J connectivity index is 2.47. The highest BCUT2D eigenvalue weighted by Gasteiger charge is 2.10. The van der Waals surface area contributed by atoms with Gasteiger partial charge in [-0.2, -0.15) is 0 Å². The fourth-order valence-electron chi connectivity index (χ4n) is 2.21. The van der Waals surface area contributed by atoms with Crippen molar-refractivity contribution >= 4 is 5.97 Å². The molecule has 4 nitrogen and oxygen atoms in total. The van der Waals surface area contributed by atoms with E-state index >= 15 is 0 Å². The third kappa shape index (κ3) is 5.57. The molecule has 0 aliphatic rings. The molecule has 1 N–H and O–H groups in total. The quantitative estimate of drug-likeness (QED) is 0.796. The van der Waals surface area contributed by atoms with Crippen LogP contribution in [0.2, 0.25) is 0 Å². The Bertz CT molecular complexity index is 451. The predicted octanol–water partition coefficient (Wildman–Crippen LogP) is 2.42. The molecule has 1 rings (SSSR count). The van der Waals surface area contributed by atoms with Crippen molar-refractivity contribution in [1.82, 2.24) is 4.90 Å². The summed E-state index contributed by atoms with van der Waals surface area (Å²) in [5.74, 6) is -0.570. The van der Waals surface area contributed by atoms with Crippen LogP contribution in [-0.2, 0) is 11.2 Å². The first-order valence-electron chi connectivity index (χ1n) is 6.65. The first-order chi connectivity index (χ1) is 9.42. The molecule has 1 atom stereocenters. The number of ether oxygens (including phenoxy) is 1. The van der Waals surface area contributed by atoms with Crippen LogP contribution < -0.4 is 4.74 Å². The van der Waals surface area contributed by atoms with E-state index in [1.807, 2.05) is 18.0 Å². The van der Waals surface area contributed by atoms with Gasteiger partial charge in [0.1, 0.15) is 0 Å². The molecular formula is C15H22FNO3. The Morgan fingerprint density at radius 2 is 2.20 bits per heavy atom. The number of hydrogen-bond donors (Lipinski definition) is 1. The van der Waals surface area contributed by atoms with Crippen LogP contribution in [-0.4, -0.2) is 43.2 Å². The molecule has 0 amide bonds. The normalized spacial score (nSPS) is 12.4. The van der Waals surface area contributed by atoms with Crippen molar-refractivity contribution in [3.63, 3.8) is 0 Å². The van der Waals surface area contributed by atoms with E-state index in [0.29, 0.717) is 12.5 Å². The van der Waals surface area contributed by atoms with Gasteiger partial charge in [-0.3, -0.25) is 4.79 Å². The Morgan fingerprint density at radius 3 is 2.75 bits per heavy atom. The van der Waals surface area contributed by atoms with Crippen LogP contribution >= 0.6 is 0 Å². The number of carboxylic acid groups (broad SMARTS) is 1. The Kier molecular flexibility index (Phi) is 6.45. The van der Waals surface area contributed by atoms with Gasteiger partial charge in [-0.25, -0.2) is 4.39 Å². The number of methoxy groups -OCH3 is 1. The van der Waals surface area contributed by atoms with E-state index in [9.17, 15) is 9.18 Å². The van der Waals surface area contributed by atoms with Gasteiger partial charge in [0, 0.05) is 13.1 Å². The molecule has 0 aliphatic carbocycles. The van der Waals surface area contributed by atoms with Crippen molar-refractivity contribution in [3.05, 3.63) is 29.6 Å². The number of hydrogen-bond acceptors (Lipinski definition) is 3. The highest BCUT2D eigenvalue weighted by atomic mass is 19.1. The lowest BCUT2D eigenvalue weighted by Gasteiger charge is -2.20. The van der Waals surface area contributed by atoms with Crippen LogP contribution in [0.5, 0.6) is 5.75 Å². The summed E-state index contributed by atoms with van der Waals surface area (Å²) >= 11 is 0. The fourth-order valence-corrected chi connectivity index (χ4v) is 2.21. The fraction of sp³-hybridized carbons (Fsp3) is 0.533. The van der Waals surface area contributed by atoms with E-state index in [-0.39, 0.29) is 18.0 Å². The summed E-state index contributed by atoms with van der Waals surface area (Å²) in [6.45, 7) is 3.37. The lowest BCUT2D eigenvalue weighted by molar-refractivity contribution is -0.137. The molecule has 0 aromatic heterocycles. The number of halogens is 1. The molecule has 112 valence electrons. The molecule has 20 heavy (non-hydrogen) atoms. The maximum Gasteiger partial charge on any atom is 0.304 e. The SMILES string of the molecule is COc1ccc(CC(C)CN(C)CCC(=O)O)cc1F. The molecule has 0 spiro atoms. The molecule has 0 bridgehead atoms. The molecule has 0 saturated heterocycles. The lowest BCUT2D eigenvalue weighted by atomic mass is 10.0. The van der Waals surface area contributed by atoms with Gasteiger partial charge >= 0.3 is 5.97 Å². The van der Waals surface area contributed by atoms with Crippen LogP contribution in [0.4, 0.5) is 4.39 Å².